The van der Waals surface area contributed by atoms with Gasteiger partial charge >= 0.3 is 5.97 Å². The van der Waals surface area contributed by atoms with Crippen LogP contribution in [0.15, 0.2) is 6.20 Å². The van der Waals surface area contributed by atoms with E-state index in [1.807, 2.05) is 0 Å². The topological polar surface area (TPSA) is 126 Å². The van der Waals surface area contributed by atoms with E-state index in [-0.39, 0.29) is 37.2 Å². The summed E-state index contributed by atoms with van der Waals surface area (Å²) in [6.07, 6.45) is 1.64. The van der Waals surface area contributed by atoms with Crippen LogP contribution in [0, 0.1) is 5.92 Å². The average Bonchev–Trinajstić information content (AvgIpc) is 2.94. The Kier molecular flexibility index (Phi) is 3.74. The predicted molar refractivity (Wildman–Crippen MR) is 60.6 cm³/mol. The molecule has 9 heteroatoms. The zero-order valence-electron chi connectivity index (χ0n) is 10.00. The Morgan fingerprint density at radius 2 is 2.37 bits per heavy atom. The van der Waals surface area contributed by atoms with Crippen LogP contribution in [0.3, 0.4) is 0 Å². The van der Waals surface area contributed by atoms with Gasteiger partial charge in [0.05, 0.1) is 18.7 Å². The monoisotopic (exact) mass is 267 g/mol. The molecule has 1 saturated heterocycles. The molecule has 1 aliphatic rings. The van der Waals surface area contributed by atoms with E-state index >= 15 is 0 Å². The van der Waals surface area contributed by atoms with Crippen LogP contribution in [0.5, 0.6) is 0 Å². The number of hydrogen-bond donors (Lipinski definition) is 3. The predicted octanol–water partition coefficient (Wildman–Crippen LogP) is -1.88. The molecule has 1 atom stereocenters. The minimum atomic E-state index is -1.02. The average molecular weight is 267 g/mol. The fourth-order valence-corrected chi connectivity index (χ4v) is 1.75. The molecule has 2 rings (SSSR count). The molecule has 3 N–H and O–H groups in total. The molecule has 102 valence electrons. The number of amides is 2. The summed E-state index contributed by atoms with van der Waals surface area (Å²) in [6, 6.07) is 0. The minimum absolute atomic E-state index is 0.132. The number of aliphatic carboxylic acids is 1. The van der Waals surface area contributed by atoms with Gasteiger partial charge in [0, 0.05) is 13.0 Å². The van der Waals surface area contributed by atoms with Crippen molar-refractivity contribution in [2.45, 2.75) is 19.5 Å². The van der Waals surface area contributed by atoms with Gasteiger partial charge in [-0.05, 0) is 0 Å². The van der Waals surface area contributed by atoms with E-state index in [1.165, 1.54) is 10.9 Å². The summed E-state index contributed by atoms with van der Waals surface area (Å²) < 4.78 is 1.17. The van der Waals surface area contributed by atoms with Crippen molar-refractivity contribution in [2.75, 3.05) is 6.54 Å². The molecule has 1 aromatic rings. The van der Waals surface area contributed by atoms with Gasteiger partial charge in [-0.15, -0.1) is 5.10 Å². The van der Waals surface area contributed by atoms with Gasteiger partial charge in [-0.1, -0.05) is 5.21 Å². The van der Waals surface area contributed by atoms with Gasteiger partial charge in [-0.2, -0.15) is 0 Å². The number of carboxylic acids is 1. The molecule has 1 aliphatic heterocycles. The fourth-order valence-electron chi connectivity index (χ4n) is 1.75. The van der Waals surface area contributed by atoms with E-state index in [0.29, 0.717) is 12.2 Å². The third kappa shape index (κ3) is 3.50. The Morgan fingerprint density at radius 3 is 3.00 bits per heavy atom. The van der Waals surface area contributed by atoms with Crippen LogP contribution in [0.25, 0.3) is 0 Å². The van der Waals surface area contributed by atoms with E-state index in [9.17, 15) is 14.4 Å². The van der Waals surface area contributed by atoms with E-state index in [2.05, 4.69) is 20.9 Å². The summed E-state index contributed by atoms with van der Waals surface area (Å²) in [5.74, 6) is -1.74. The van der Waals surface area contributed by atoms with Crippen molar-refractivity contribution in [3.05, 3.63) is 11.9 Å². The SMILES string of the molecule is O=C(O)Cn1cc(CNC(=O)C2CNC(=O)C2)nn1. The highest BCUT2D eigenvalue weighted by molar-refractivity contribution is 5.89. The smallest absolute Gasteiger partial charge is 0.325 e. The highest BCUT2D eigenvalue weighted by atomic mass is 16.4. The van der Waals surface area contributed by atoms with Crippen LogP contribution in [0.1, 0.15) is 12.1 Å². The molecule has 0 aliphatic carbocycles. The highest BCUT2D eigenvalue weighted by Crippen LogP contribution is 2.08. The summed E-state index contributed by atoms with van der Waals surface area (Å²) in [7, 11) is 0. The lowest BCUT2D eigenvalue weighted by Crippen LogP contribution is -2.31. The standard InChI is InChI=1S/C10H13N5O4/c16-8-1-6(2-11-8)10(19)12-3-7-4-15(14-13-7)5-9(17)18/h4,6H,1-3,5H2,(H,11,16)(H,12,19)(H,17,18). The fraction of sp³-hybridized carbons (Fsp3) is 0.500. The lowest BCUT2D eigenvalue weighted by molar-refractivity contribution is -0.138. The van der Waals surface area contributed by atoms with Crippen LogP contribution in [0.2, 0.25) is 0 Å². The first-order valence-electron chi connectivity index (χ1n) is 5.70. The van der Waals surface area contributed by atoms with Gasteiger partial charge in [0.1, 0.15) is 12.2 Å². The number of nitrogens with one attached hydrogen (secondary N) is 2. The maximum Gasteiger partial charge on any atom is 0.325 e. The Labute approximate surface area is 108 Å². The van der Waals surface area contributed by atoms with Gasteiger partial charge in [0.15, 0.2) is 0 Å². The number of carboxylic acid groups (broad SMARTS) is 1. The molecule has 2 heterocycles. The quantitative estimate of drug-likeness (QED) is 0.573. The van der Waals surface area contributed by atoms with Crippen LogP contribution < -0.4 is 10.6 Å². The van der Waals surface area contributed by atoms with Crippen LogP contribution >= 0.6 is 0 Å². The molecule has 1 aromatic heterocycles. The first kappa shape index (κ1) is 13.0. The first-order chi connectivity index (χ1) is 9.04. The van der Waals surface area contributed by atoms with E-state index in [0.717, 1.165) is 0 Å². The largest absolute Gasteiger partial charge is 0.480 e. The summed E-state index contributed by atoms with van der Waals surface area (Å²) in [5, 5.41) is 21.1. The summed E-state index contributed by atoms with van der Waals surface area (Å²) in [6.45, 7) is 0.224. The maximum absolute atomic E-state index is 11.7. The van der Waals surface area contributed by atoms with Crippen molar-refractivity contribution in [1.29, 1.82) is 0 Å². The van der Waals surface area contributed by atoms with Crippen LogP contribution in [0.4, 0.5) is 0 Å². The van der Waals surface area contributed by atoms with E-state index < -0.39 is 5.97 Å². The van der Waals surface area contributed by atoms with Gasteiger partial charge in [0.25, 0.3) is 0 Å². The Bertz CT molecular complexity index is 512. The second-order valence-electron chi connectivity index (χ2n) is 4.22. The number of aromatic nitrogens is 3. The molecule has 0 saturated carbocycles. The van der Waals surface area contributed by atoms with Gasteiger partial charge < -0.3 is 15.7 Å². The van der Waals surface area contributed by atoms with Crippen LogP contribution in [-0.2, 0) is 27.5 Å². The Hall–Kier alpha value is -2.45. The molecule has 1 unspecified atom stereocenters. The summed E-state index contributed by atoms with van der Waals surface area (Å²) in [4.78, 5) is 33.1. The van der Waals surface area contributed by atoms with Gasteiger partial charge in [-0.3, -0.25) is 14.4 Å². The molecular weight excluding hydrogens is 254 g/mol. The zero-order chi connectivity index (χ0) is 13.8. The van der Waals surface area contributed by atoms with E-state index in [4.69, 9.17) is 5.11 Å². The molecule has 0 bridgehead atoms. The third-order valence-corrected chi connectivity index (χ3v) is 2.68. The first-order valence-corrected chi connectivity index (χ1v) is 5.70. The molecule has 19 heavy (non-hydrogen) atoms. The van der Waals surface area contributed by atoms with Crippen molar-refractivity contribution in [3.63, 3.8) is 0 Å². The van der Waals surface area contributed by atoms with Crippen LogP contribution in [-0.4, -0.2) is 44.4 Å². The minimum Gasteiger partial charge on any atom is -0.480 e. The van der Waals surface area contributed by atoms with Crippen molar-refractivity contribution in [2.24, 2.45) is 5.92 Å². The molecule has 0 radical (unpaired) electrons. The number of carbonyl (C=O) groups excluding carboxylic acids is 2. The zero-order valence-corrected chi connectivity index (χ0v) is 10.00. The molecular formula is C10H13N5O4. The Balaban J connectivity index is 1.81. The number of carbonyl (C=O) groups is 3. The number of nitrogens with zero attached hydrogens (tertiary/aromatic N) is 3. The van der Waals surface area contributed by atoms with Gasteiger partial charge in [0.2, 0.25) is 11.8 Å². The summed E-state index contributed by atoms with van der Waals surface area (Å²) in [5.41, 5.74) is 0.465. The molecule has 1 fully saturated rings. The Morgan fingerprint density at radius 1 is 1.58 bits per heavy atom. The van der Waals surface area contributed by atoms with Gasteiger partial charge in [-0.25, -0.2) is 4.68 Å². The lowest BCUT2D eigenvalue weighted by Gasteiger charge is -2.06. The van der Waals surface area contributed by atoms with Crippen molar-refractivity contribution in [1.82, 2.24) is 25.6 Å². The van der Waals surface area contributed by atoms with Crippen molar-refractivity contribution >= 4 is 17.8 Å². The molecule has 0 aromatic carbocycles. The third-order valence-electron chi connectivity index (χ3n) is 2.68. The van der Waals surface area contributed by atoms with E-state index in [1.54, 1.807) is 0 Å². The number of rotatable bonds is 5. The molecule has 9 nitrogen and oxygen atoms in total. The van der Waals surface area contributed by atoms with Crippen molar-refractivity contribution in [3.8, 4) is 0 Å². The summed E-state index contributed by atoms with van der Waals surface area (Å²) >= 11 is 0. The number of hydrogen-bond acceptors (Lipinski definition) is 5. The van der Waals surface area contributed by atoms with Crippen molar-refractivity contribution < 1.29 is 19.5 Å². The second-order valence-corrected chi connectivity index (χ2v) is 4.22. The normalized spacial score (nSPS) is 18.1. The molecule has 2 amide bonds. The second kappa shape index (κ2) is 5.46. The molecule has 0 spiro atoms. The lowest BCUT2D eigenvalue weighted by atomic mass is 10.1. The maximum atomic E-state index is 11.7. The highest BCUT2D eigenvalue weighted by Gasteiger charge is 2.27.